The van der Waals surface area contributed by atoms with Crippen molar-refractivity contribution in [3.05, 3.63) is 94.5 Å². The zero-order chi connectivity index (χ0) is 25.9. The van der Waals surface area contributed by atoms with Crippen LogP contribution in [-0.4, -0.2) is 35.2 Å². The highest BCUT2D eigenvalue weighted by Crippen LogP contribution is 2.31. The smallest absolute Gasteiger partial charge is 0.250 e. The van der Waals surface area contributed by atoms with E-state index in [-0.39, 0.29) is 11.7 Å². The zero-order valence-electron chi connectivity index (χ0n) is 19.8. The summed E-state index contributed by atoms with van der Waals surface area (Å²) in [4.78, 5) is 12.2. The van der Waals surface area contributed by atoms with E-state index in [1.807, 2.05) is 66.7 Å². The van der Waals surface area contributed by atoms with Crippen LogP contribution in [0.5, 0.6) is 11.5 Å². The van der Waals surface area contributed by atoms with Gasteiger partial charge in [0.2, 0.25) is 0 Å². The number of nitrogens with zero attached hydrogens (tertiary/aromatic N) is 3. The third kappa shape index (κ3) is 8.78. The number of methoxy groups -OCH3 is 1. The second-order valence-electron chi connectivity index (χ2n) is 7.52. The fourth-order valence-corrected chi connectivity index (χ4v) is 5.89. The van der Waals surface area contributed by atoms with Crippen LogP contribution in [0, 0.1) is 0 Å². The van der Waals surface area contributed by atoms with Gasteiger partial charge in [0.05, 0.1) is 19.1 Å². The summed E-state index contributed by atoms with van der Waals surface area (Å²) in [6, 6.07) is 23.0. The zero-order valence-corrected chi connectivity index (χ0v) is 23.0. The van der Waals surface area contributed by atoms with Gasteiger partial charge in [-0.05, 0) is 47.0 Å². The summed E-state index contributed by atoms with van der Waals surface area (Å²) in [5.74, 6) is 1.94. The fraction of sp³-hybridized carbons (Fsp3) is 0.154. The van der Waals surface area contributed by atoms with Crippen molar-refractivity contribution in [2.45, 2.75) is 21.0 Å². The molecule has 4 aromatic rings. The van der Waals surface area contributed by atoms with E-state index in [1.54, 1.807) is 31.2 Å². The average Bonchev–Trinajstić information content (AvgIpc) is 3.39. The minimum absolute atomic E-state index is 0.182. The number of nitrogens with one attached hydrogen (secondary N) is 1. The molecule has 0 spiro atoms. The molecule has 190 valence electrons. The van der Waals surface area contributed by atoms with Crippen LogP contribution in [0.2, 0.25) is 5.02 Å². The Kier molecular flexibility index (Phi) is 10.2. The number of hydrogen-bond acceptors (Lipinski definition) is 9. The van der Waals surface area contributed by atoms with Gasteiger partial charge >= 0.3 is 0 Å². The first-order chi connectivity index (χ1) is 18.1. The minimum atomic E-state index is -0.235. The Hall–Kier alpha value is -3.05. The standard InChI is InChI=1S/C26H23ClN4O3S3/c1-33-22-12-9-20(13-23(22)34-15-18-5-3-2-4-6-18)14-28-29-24(32)17-36-26-31-30-25(37-26)35-16-19-7-10-21(27)11-8-19/h2-14H,15-17H2,1H3,(H,29,32)/b28-14+. The number of halogens is 1. The Morgan fingerprint density at radius 1 is 1.00 bits per heavy atom. The highest BCUT2D eigenvalue weighted by Gasteiger charge is 2.09. The summed E-state index contributed by atoms with van der Waals surface area (Å²) in [5, 5.41) is 13.1. The van der Waals surface area contributed by atoms with Gasteiger partial charge in [-0.2, -0.15) is 5.10 Å². The normalized spacial score (nSPS) is 11.0. The molecule has 4 rings (SSSR count). The summed E-state index contributed by atoms with van der Waals surface area (Å²) in [6.45, 7) is 0.415. The number of aromatic nitrogens is 2. The maximum atomic E-state index is 12.2. The quantitative estimate of drug-likeness (QED) is 0.121. The van der Waals surface area contributed by atoms with Crippen molar-refractivity contribution >= 4 is 58.6 Å². The molecule has 0 radical (unpaired) electrons. The molecular formula is C26H23ClN4O3S3. The van der Waals surface area contributed by atoms with Crippen LogP contribution in [0.4, 0.5) is 0 Å². The fourth-order valence-electron chi connectivity index (χ4n) is 3.00. The van der Waals surface area contributed by atoms with Gasteiger partial charge in [-0.3, -0.25) is 4.79 Å². The first kappa shape index (κ1) is 27.0. The predicted molar refractivity (Wildman–Crippen MR) is 151 cm³/mol. The van der Waals surface area contributed by atoms with E-state index in [0.717, 1.165) is 31.1 Å². The number of rotatable bonds is 12. The number of amides is 1. The molecule has 7 nitrogen and oxygen atoms in total. The number of ether oxygens (including phenoxy) is 2. The van der Waals surface area contributed by atoms with Crippen LogP contribution in [0.25, 0.3) is 0 Å². The van der Waals surface area contributed by atoms with Crippen molar-refractivity contribution in [2.75, 3.05) is 12.9 Å². The molecular weight excluding hydrogens is 548 g/mol. The highest BCUT2D eigenvalue weighted by atomic mass is 35.5. The van der Waals surface area contributed by atoms with Gasteiger partial charge in [0.15, 0.2) is 20.2 Å². The number of benzene rings is 3. The van der Waals surface area contributed by atoms with Gasteiger partial charge in [-0.25, -0.2) is 5.43 Å². The second kappa shape index (κ2) is 14.0. The van der Waals surface area contributed by atoms with Crippen LogP contribution in [0.3, 0.4) is 0 Å². The van der Waals surface area contributed by atoms with Crippen LogP contribution in [0.15, 0.2) is 86.6 Å². The number of carbonyl (C=O) groups is 1. The summed E-state index contributed by atoms with van der Waals surface area (Å²) in [6.07, 6.45) is 1.56. The molecule has 0 fully saturated rings. The van der Waals surface area contributed by atoms with Gasteiger partial charge in [0, 0.05) is 10.8 Å². The molecule has 1 amide bonds. The maximum absolute atomic E-state index is 12.2. The molecule has 0 aliphatic carbocycles. The van der Waals surface area contributed by atoms with Crippen LogP contribution >= 0.6 is 46.5 Å². The minimum Gasteiger partial charge on any atom is -0.493 e. The molecule has 0 aliphatic rings. The van der Waals surface area contributed by atoms with E-state index < -0.39 is 0 Å². The van der Waals surface area contributed by atoms with Crippen molar-refractivity contribution in [3.63, 3.8) is 0 Å². The van der Waals surface area contributed by atoms with Gasteiger partial charge in [0.1, 0.15) is 6.61 Å². The molecule has 0 unspecified atom stereocenters. The second-order valence-corrected chi connectivity index (χ2v) is 11.4. The lowest BCUT2D eigenvalue weighted by atomic mass is 10.2. The van der Waals surface area contributed by atoms with E-state index in [2.05, 4.69) is 20.7 Å². The van der Waals surface area contributed by atoms with Gasteiger partial charge in [-0.1, -0.05) is 88.9 Å². The number of hydrogen-bond donors (Lipinski definition) is 1. The lowest BCUT2D eigenvalue weighted by Gasteiger charge is -2.11. The molecule has 11 heteroatoms. The molecule has 0 bridgehead atoms. The Bertz CT molecular complexity index is 1330. The van der Waals surface area contributed by atoms with E-state index in [1.165, 1.54) is 23.1 Å². The molecule has 1 heterocycles. The molecule has 37 heavy (non-hydrogen) atoms. The molecule has 0 saturated carbocycles. The lowest BCUT2D eigenvalue weighted by Crippen LogP contribution is -2.19. The Morgan fingerprint density at radius 3 is 2.51 bits per heavy atom. The van der Waals surface area contributed by atoms with E-state index in [9.17, 15) is 4.79 Å². The number of hydrazone groups is 1. The topological polar surface area (TPSA) is 85.7 Å². The van der Waals surface area contributed by atoms with Crippen LogP contribution in [-0.2, 0) is 17.2 Å². The van der Waals surface area contributed by atoms with E-state index in [4.69, 9.17) is 21.1 Å². The van der Waals surface area contributed by atoms with Crippen molar-refractivity contribution in [2.24, 2.45) is 5.10 Å². The Balaban J connectivity index is 1.23. The monoisotopic (exact) mass is 570 g/mol. The van der Waals surface area contributed by atoms with Gasteiger partial charge in [0.25, 0.3) is 5.91 Å². The largest absolute Gasteiger partial charge is 0.493 e. The first-order valence-electron chi connectivity index (χ1n) is 11.1. The first-order valence-corrected chi connectivity index (χ1v) is 14.3. The summed E-state index contributed by atoms with van der Waals surface area (Å²) < 4.78 is 12.9. The molecule has 1 N–H and O–H groups in total. The summed E-state index contributed by atoms with van der Waals surface area (Å²) in [7, 11) is 1.59. The molecule has 0 saturated heterocycles. The van der Waals surface area contributed by atoms with Crippen molar-refractivity contribution in [1.82, 2.24) is 15.6 Å². The number of carbonyl (C=O) groups excluding carboxylic acids is 1. The van der Waals surface area contributed by atoms with E-state index >= 15 is 0 Å². The third-order valence-electron chi connectivity index (χ3n) is 4.82. The van der Waals surface area contributed by atoms with E-state index in [0.29, 0.717) is 23.1 Å². The molecule has 0 aliphatic heterocycles. The molecule has 0 atom stereocenters. The van der Waals surface area contributed by atoms with Gasteiger partial charge < -0.3 is 9.47 Å². The molecule has 3 aromatic carbocycles. The average molecular weight is 571 g/mol. The Labute approximate surface area is 232 Å². The third-order valence-corrected chi connectivity index (χ3v) is 8.33. The highest BCUT2D eigenvalue weighted by molar-refractivity contribution is 8.03. The predicted octanol–water partition coefficient (Wildman–Crippen LogP) is 6.31. The van der Waals surface area contributed by atoms with Crippen LogP contribution < -0.4 is 14.9 Å². The summed E-state index contributed by atoms with van der Waals surface area (Å²) >= 11 is 10.3. The lowest BCUT2D eigenvalue weighted by molar-refractivity contribution is -0.118. The van der Waals surface area contributed by atoms with Gasteiger partial charge in [-0.15, -0.1) is 10.2 Å². The summed E-state index contributed by atoms with van der Waals surface area (Å²) in [5.41, 5.74) is 5.52. The number of thioether (sulfide) groups is 2. The van der Waals surface area contributed by atoms with Crippen molar-refractivity contribution in [1.29, 1.82) is 0 Å². The Morgan fingerprint density at radius 2 is 1.76 bits per heavy atom. The maximum Gasteiger partial charge on any atom is 0.250 e. The SMILES string of the molecule is COc1ccc(/C=N/NC(=O)CSc2nnc(SCc3ccc(Cl)cc3)s2)cc1OCc1ccccc1. The van der Waals surface area contributed by atoms with Crippen molar-refractivity contribution in [3.8, 4) is 11.5 Å². The van der Waals surface area contributed by atoms with Crippen molar-refractivity contribution < 1.29 is 14.3 Å². The van der Waals surface area contributed by atoms with Crippen LogP contribution in [0.1, 0.15) is 16.7 Å². The molecule has 1 aromatic heterocycles.